The Bertz CT molecular complexity index is 713. The van der Waals surface area contributed by atoms with Crippen LogP contribution in [0.1, 0.15) is 26.4 Å². The van der Waals surface area contributed by atoms with Crippen LogP contribution in [0.3, 0.4) is 0 Å². The lowest BCUT2D eigenvalue weighted by Gasteiger charge is -2.07. The van der Waals surface area contributed by atoms with Gasteiger partial charge in [0.1, 0.15) is 6.61 Å². The number of hydrogen-bond acceptors (Lipinski definition) is 3. The summed E-state index contributed by atoms with van der Waals surface area (Å²) >= 11 is 7.65. The summed E-state index contributed by atoms with van der Waals surface area (Å²) in [6.45, 7) is 2.07. The minimum atomic E-state index is -0.210. The van der Waals surface area contributed by atoms with Crippen molar-refractivity contribution in [1.29, 1.82) is 0 Å². The largest absolute Gasteiger partial charge is 0.384 e. The highest BCUT2D eigenvalue weighted by Gasteiger charge is 2.12. The predicted molar refractivity (Wildman–Crippen MR) is 85.6 cm³/mol. The van der Waals surface area contributed by atoms with Gasteiger partial charge < -0.3 is 10.4 Å². The quantitative estimate of drug-likeness (QED) is 0.855. The Balaban J connectivity index is 2.08. The molecule has 0 aliphatic heterocycles. The topological polar surface area (TPSA) is 49.3 Å². The van der Waals surface area contributed by atoms with Crippen LogP contribution < -0.4 is 5.32 Å². The van der Waals surface area contributed by atoms with Crippen molar-refractivity contribution in [3.63, 3.8) is 0 Å². The number of thiophene rings is 1. The molecule has 0 aliphatic rings. The van der Waals surface area contributed by atoms with Gasteiger partial charge in [0.25, 0.3) is 5.91 Å². The molecular formula is C16H14ClNO2S. The second kappa shape index (κ2) is 7.28. The van der Waals surface area contributed by atoms with E-state index in [1.165, 1.54) is 11.3 Å². The van der Waals surface area contributed by atoms with E-state index in [9.17, 15) is 4.79 Å². The molecule has 0 unspecified atom stereocenters. The number of aryl methyl sites for hydroxylation is 1. The molecule has 1 amide bonds. The zero-order valence-corrected chi connectivity index (χ0v) is 13.0. The molecule has 0 bridgehead atoms. The summed E-state index contributed by atoms with van der Waals surface area (Å²) in [5.74, 6) is 5.26. The molecular weight excluding hydrogens is 306 g/mol. The number of benzene rings is 1. The maximum atomic E-state index is 12.2. The smallest absolute Gasteiger partial charge is 0.253 e. The molecule has 5 heteroatoms. The number of halogens is 1. The maximum absolute atomic E-state index is 12.2. The van der Waals surface area contributed by atoms with E-state index in [0.717, 1.165) is 16.0 Å². The van der Waals surface area contributed by atoms with Crippen molar-refractivity contribution in [2.45, 2.75) is 13.5 Å². The SMILES string of the molecule is Cc1cccc(C(=O)NCc2sccc2C#CCO)c1Cl. The molecule has 2 N–H and O–H groups in total. The third kappa shape index (κ3) is 3.85. The van der Waals surface area contributed by atoms with Crippen LogP contribution in [0.5, 0.6) is 0 Å². The van der Waals surface area contributed by atoms with Gasteiger partial charge in [-0.15, -0.1) is 11.3 Å². The predicted octanol–water partition coefficient (Wildman–Crippen LogP) is 2.98. The average Bonchev–Trinajstić information content (AvgIpc) is 2.93. The molecule has 108 valence electrons. The normalized spacial score (nSPS) is 9.86. The summed E-state index contributed by atoms with van der Waals surface area (Å²) < 4.78 is 0. The minimum absolute atomic E-state index is 0.180. The summed E-state index contributed by atoms with van der Waals surface area (Å²) in [5.41, 5.74) is 2.16. The highest BCUT2D eigenvalue weighted by molar-refractivity contribution is 7.10. The molecule has 0 saturated heterocycles. The van der Waals surface area contributed by atoms with Gasteiger partial charge in [-0.05, 0) is 30.0 Å². The molecule has 0 aliphatic carbocycles. The van der Waals surface area contributed by atoms with Crippen LogP contribution in [-0.4, -0.2) is 17.6 Å². The third-order valence-corrected chi connectivity index (χ3v) is 4.32. The van der Waals surface area contributed by atoms with Crippen LogP contribution in [0.2, 0.25) is 5.02 Å². The lowest BCUT2D eigenvalue weighted by molar-refractivity contribution is 0.0951. The van der Waals surface area contributed by atoms with Crippen LogP contribution in [0, 0.1) is 18.8 Å². The van der Waals surface area contributed by atoms with E-state index < -0.39 is 0 Å². The Morgan fingerprint density at radius 2 is 2.24 bits per heavy atom. The zero-order chi connectivity index (χ0) is 15.2. The van der Waals surface area contributed by atoms with E-state index in [4.69, 9.17) is 16.7 Å². The highest BCUT2D eigenvalue weighted by atomic mass is 35.5. The van der Waals surface area contributed by atoms with E-state index in [1.54, 1.807) is 12.1 Å². The number of carbonyl (C=O) groups is 1. The van der Waals surface area contributed by atoms with Crippen LogP contribution in [0.15, 0.2) is 29.6 Å². The van der Waals surface area contributed by atoms with Crippen LogP contribution >= 0.6 is 22.9 Å². The third-order valence-electron chi connectivity index (χ3n) is 2.89. The molecule has 0 fully saturated rings. The van der Waals surface area contributed by atoms with Crippen molar-refractivity contribution in [1.82, 2.24) is 5.32 Å². The first-order valence-electron chi connectivity index (χ1n) is 6.33. The molecule has 0 atom stereocenters. The lowest BCUT2D eigenvalue weighted by Crippen LogP contribution is -2.23. The van der Waals surface area contributed by atoms with Crippen molar-refractivity contribution in [2.75, 3.05) is 6.61 Å². The summed E-state index contributed by atoms with van der Waals surface area (Å²) in [4.78, 5) is 13.1. The van der Waals surface area contributed by atoms with Crippen molar-refractivity contribution in [2.24, 2.45) is 0 Å². The summed E-state index contributed by atoms with van der Waals surface area (Å²) in [6, 6.07) is 7.24. The fraction of sp³-hybridized carbons (Fsp3) is 0.188. The number of aliphatic hydroxyl groups is 1. The fourth-order valence-corrected chi connectivity index (χ4v) is 2.78. The first-order chi connectivity index (χ1) is 10.1. The van der Waals surface area contributed by atoms with Crippen LogP contribution in [0.4, 0.5) is 0 Å². The molecule has 2 aromatic rings. The minimum Gasteiger partial charge on any atom is -0.384 e. The Hall–Kier alpha value is -1.80. The molecule has 1 aromatic carbocycles. The van der Waals surface area contributed by atoms with Gasteiger partial charge in [0.05, 0.1) is 17.1 Å². The summed E-state index contributed by atoms with van der Waals surface area (Å²) in [5, 5.41) is 13.9. The molecule has 1 heterocycles. The Kier molecular flexibility index (Phi) is 5.40. The molecule has 0 radical (unpaired) electrons. The van der Waals surface area contributed by atoms with Crippen molar-refractivity contribution >= 4 is 28.8 Å². The standard InChI is InChI=1S/C16H14ClNO2S/c1-11-4-2-6-13(15(11)17)16(20)18-10-14-12(5-3-8-19)7-9-21-14/h2,4,6-7,9,19H,8,10H2,1H3,(H,18,20). The molecule has 3 nitrogen and oxygen atoms in total. The molecule has 21 heavy (non-hydrogen) atoms. The van der Waals surface area contributed by atoms with Crippen molar-refractivity contribution in [3.05, 3.63) is 56.2 Å². The lowest BCUT2D eigenvalue weighted by atomic mass is 10.1. The Labute approximate surface area is 132 Å². The van der Waals surface area contributed by atoms with Gasteiger partial charge in [0, 0.05) is 10.4 Å². The highest BCUT2D eigenvalue weighted by Crippen LogP contribution is 2.21. The second-order valence-corrected chi connectivity index (χ2v) is 5.72. The number of hydrogen-bond donors (Lipinski definition) is 2. The van der Waals surface area contributed by atoms with Crippen LogP contribution in [-0.2, 0) is 6.54 Å². The van der Waals surface area contributed by atoms with E-state index in [0.29, 0.717) is 17.1 Å². The second-order valence-electron chi connectivity index (χ2n) is 4.34. The first-order valence-corrected chi connectivity index (χ1v) is 7.58. The number of carbonyl (C=O) groups excluding carboxylic acids is 1. The number of amides is 1. The molecule has 1 aromatic heterocycles. The number of rotatable bonds is 3. The monoisotopic (exact) mass is 319 g/mol. The first kappa shape index (κ1) is 15.6. The zero-order valence-electron chi connectivity index (χ0n) is 11.4. The van der Waals surface area contributed by atoms with E-state index in [2.05, 4.69) is 17.2 Å². The van der Waals surface area contributed by atoms with Crippen LogP contribution in [0.25, 0.3) is 0 Å². The Morgan fingerprint density at radius 3 is 3.00 bits per heavy atom. The maximum Gasteiger partial charge on any atom is 0.253 e. The van der Waals surface area contributed by atoms with Gasteiger partial charge >= 0.3 is 0 Å². The van der Waals surface area contributed by atoms with Gasteiger partial charge in [0.2, 0.25) is 0 Å². The van der Waals surface area contributed by atoms with E-state index in [1.807, 2.05) is 24.4 Å². The summed E-state index contributed by atoms with van der Waals surface area (Å²) in [6.07, 6.45) is 0. The average molecular weight is 320 g/mol. The van der Waals surface area contributed by atoms with E-state index in [-0.39, 0.29) is 12.5 Å². The van der Waals surface area contributed by atoms with Crippen molar-refractivity contribution in [3.8, 4) is 11.8 Å². The molecule has 2 rings (SSSR count). The number of nitrogens with one attached hydrogen (secondary N) is 1. The Morgan fingerprint density at radius 1 is 1.43 bits per heavy atom. The van der Waals surface area contributed by atoms with Crippen molar-refractivity contribution < 1.29 is 9.90 Å². The fourth-order valence-electron chi connectivity index (χ4n) is 1.80. The van der Waals surface area contributed by atoms with Gasteiger partial charge in [-0.25, -0.2) is 0 Å². The van der Waals surface area contributed by atoms with Gasteiger partial charge in [0.15, 0.2) is 0 Å². The molecule has 0 saturated carbocycles. The van der Waals surface area contributed by atoms with Gasteiger partial charge in [-0.1, -0.05) is 35.6 Å². The van der Waals surface area contributed by atoms with E-state index >= 15 is 0 Å². The van der Waals surface area contributed by atoms with Gasteiger partial charge in [-0.2, -0.15) is 0 Å². The summed E-state index contributed by atoms with van der Waals surface area (Å²) in [7, 11) is 0. The van der Waals surface area contributed by atoms with Gasteiger partial charge in [-0.3, -0.25) is 4.79 Å². The number of aliphatic hydroxyl groups excluding tert-OH is 1. The molecule has 0 spiro atoms.